The zero-order valence-corrected chi connectivity index (χ0v) is 13.8. The molecule has 2 N–H and O–H groups in total. The number of anilines is 1. The van der Waals surface area contributed by atoms with E-state index < -0.39 is 0 Å². The number of aryl methyl sites for hydroxylation is 1. The van der Waals surface area contributed by atoms with E-state index in [9.17, 15) is 0 Å². The van der Waals surface area contributed by atoms with Gasteiger partial charge in [0.15, 0.2) is 0 Å². The Bertz CT molecular complexity index is 643. The molecular formula is C15H16BrN3S. The molecule has 0 aliphatic heterocycles. The van der Waals surface area contributed by atoms with Crippen LogP contribution in [0.2, 0.25) is 0 Å². The summed E-state index contributed by atoms with van der Waals surface area (Å²) >= 11 is 8.67. The second-order valence-electron chi connectivity index (χ2n) is 4.64. The van der Waals surface area contributed by atoms with Crippen LogP contribution in [0.3, 0.4) is 0 Å². The van der Waals surface area contributed by atoms with E-state index in [1.165, 1.54) is 5.56 Å². The minimum Gasteiger partial charge on any atom is -0.389 e. The van der Waals surface area contributed by atoms with Crippen molar-refractivity contribution in [2.24, 2.45) is 5.73 Å². The third-order valence-electron chi connectivity index (χ3n) is 3.01. The molecule has 0 radical (unpaired) electrons. The van der Waals surface area contributed by atoms with E-state index in [2.05, 4.69) is 31.9 Å². The number of rotatable bonds is 4. The third kappa shape index (κ3) is 3.35. The quantitative estimate of drug-likeness (QED) is 0.858. The predicted molar refractivity (Wildman–Crippen MR) is 91.1 cm³/mol. The van der Waals surface area contributed by atoms with Crippen LogP contribution < -0.4 is 10.6 Å². The standard InChI is InChI=1S/C15H16BrN3S/c1-10-7-8-12(14(17)20)15(18-10)19(2)9-11-5-3-4-6-13(11)16/h3-8H,9H2,1-2H3,(H2,17,20). The molecule has 1 aromatic heterocycles. The van der Waals surface area contributed by atoms with Crippen molar-refractivity contribution in [3.63, 3.8) is 0 Å². The molecule has 0 amide bonds. The lowest BCUT2D eigenvalue weighted by atomic mass is 10.2. The van der Waals surface area contributed by atoms with E-state index in [1.807, 2.05) is 44.3 Å². The first-order valence-corrected chi connectivity index (χ1v) is 7.41. The van der Waals surface area contributed by atoms with Gasteiger partial charge in [-0.3, -0.25) is 0 Å². The molecule has 0 fully saturated rings. The molecule has 0 aliphatic carbocycles. The van der Waals surface area contributed by atoms with Crippen LogP contribution in [0.25, 0.3) is 0 Å². The smallest absolute Gasteiger partial charge is 0.139 e. The lowest BCUT2D eigenvalue weighted by Crippen LogP contribution is -2.23. The van der Waals surface area contributed by atoms with Gasteiger partial charge in [0.2, 0.25) is 0 Å². The number of hydrogen-bond acceptors (Lipinski definition) is 3. The molecule has 2 aromatic rings. The van der Waals surface area contributed by atoms with E-state index in [1.54, 1.807) is 0 Å². The fourth-order valence-electron chi connectivity index (χ4n) is 1.98. The maximum Gasteiger partial charge on any atom is 0.139 e. The molecule has 104 valence electrons. The molecule has 0 unspecified atom stereocenters. The van der Waals surface area contributed by atoms with Gasteiger partial charge in [0.05, 0.1) is 5.56 Å². The van der Waals surface area contributed by atoms with Gasteiger partial charge in [0.25, 0.3) is 0 Å². The van der Waals surface area contributed by atoms with Gasteiger partial charge < -0.3 is 10.6 Å². The fraction of sp³-hybridized carbons (Fsp3) is 0.200. The van der Waals surface area contributed by atoms with Crippen LogP contribution in [0.5, 0.6) is 0 Å². The van der Waals surface area contributed by atoms with Gasteiger partial charge in [-0.25, -0.2) is 4.98 Å². The SMILES string of the molecule is Cc1ccc(C(N)=S)c(N(C)Cc2ccccc2Br)n1. The van der Waals surface area contributed by atoms with Crippen LogP contribution in [0.1, 0.15) is 16.8 Å². The second kappa shape index (κ2) is 6.33. The van der Waals surface area contributed by atoms with Crippen LogP contribution >= 0.6 is 28.1 Å². The van der Waals surface area contributed by atoms with Gasteiger partial charge in [0, 0.05) is 23.8 Å². The number of aromatic nitrogens is 1. The number of halogens is 1. The normalized spacial score (nSPS) is 10.3. The molecule has 3 nitrogen and oxygen atoms in total. The monoisotopic (exact) mass is 349 g/mol. The summed E-state index contributed by atoms with van der Waals surface area (Å²) in [7, 11) is 1.99. The summed E-state index contributed by atoms with van der Waals surface area (Å²) in [6.07, 6.45) is 0. The Morgan fingerprint density at radius 1 is 1.30 bits per heavy atom. The second-order valence-corrected chi connectivity index (χ2v) is 5.93. The summed E-state index contributed by atoms with van der Waals surface area (Å²) in [4.78, 5) is 6.99. The first kappa shape index (κ1) is 14.9. The average molecular weight is 350 g/mol. The largest absolute Gasteiger partial charge is 0.389 e. The topological polar surface area (TPSA) is 42.1 Å². The van der Waals surface area contributed by atoms with Crippen LogP contribution in [-0.2, 0) is 6.54 Å². The molecule has 0 bridgehead atoms. The number of benzene rings is 1. The highest BCUT2D eigenvalue weighted by Gasteiger charge is 2.13. The lowest BCUT2D eigenvalue weighted by molar-refractivity contribution is 0.887. The minimum atomic E-state index is 0.367. The van der Waals surface area contributed by atoms with Gasteiger partial charge >= 0.3 is 0 Å². The summed E-state index contributed by atoms with van der Waals surface area (Å²) in [5, 5.41) is 0. The summed E-state index contributed by atoms with van der Waals surface area (Å²) in [6.45, 7) is 2.69. The Morgan fingerprint density at radius 3 is 2.65 bits per heavy atom. The van der Waals surface area contributed by atoms with Crippen LogP contribution in [-0.4, -0.2) is 17.0 Å². The number of thiocarbonyl (C=S) groups is 1. The lowest BCUT2D eigenvalue weighted by Gasteiger charge is -2.22. The zero-order chi connectivity index (χ0) is 14.7. The maximum absolute atomic E-state index is 5.78. The minimum absolute atomic E-state index is 0.367. The Morgan fingerprint density at radius 2 is 2.00 bits per heavy atom. The van der Waals surface area contributed by atoms with Gasteiger partial charge in [-0.15, -0.1) is 0 Å². The number of nitrogens with two attached hydrogens (primary N) is 1. The van der Waals surface area contributed by atoms with E-state index in [4.69, 9.17) is 18.0 Å². The molecule has 0 atom stereocenters. The van der Waals surface area contributed by atoms with Crippen LogP contribution in [0.15, 0.2) is 40.9 Å². The predicted octanol–water partition coefficient (Wildman–Crippen LogP) is 3.42. The Labute approximate surface area is 132 Å². The molecule has 20 heavy (non-hydrogen) atoms. The van der Waals surface area contributed by atoms with Gasteiger partial charge in [-0.2, -0.15) is 0 Å². The molecular weight excluding hydrogens is 334 g/mol. The third-order valence-corrected chi connectivity index (χ3v) is 4.00. The summed E-state index contributed by atoms with van der Waals surface area (Å²) < 4.78 is 1.08. The van der Waals surface area contributed by atoms with Crippen LogP contribution in [0.4, 0.5) is 5.82 Å². The van der Waals surface area contributed by atoms with Gasteiger partial charge in [0.1, 0.15) is 10.8 Å². The van der Waals surface area contributed by atoms with E-state index >= 15 is 0 Å². The van der Waals surface area contributed by atoms with Crippen molar-refractivity contribution < 1.29 is 0 Å². The van der Waals surface area contributed by atoms with Crippen molar-refractivity contribution in [3.05, 3.63) is 57.7 Å². The van der Waals surface area contributed by atoms with E-state index in [0.29, 0.717) is 4.99 Å². The number of pyridine rings is 1. The highest BCUT2D eigenvalue weighted by molar-refractivity contribution is 9.10. The molecule has 5 heteroatoms. The van der Waals surface area contributed by atoms with Crippen LogP contribution in [0, 0.1) is 6.92 Å². The number of hydrogen-bond donors (Lipinski definition) is 1. The molecule has 0 spiro atoms. The zero-order valence-electron chi connectivity index (χ0n) is 11.4. The molecule has 0 saturated heterocycles. The molecule has 0 aliphatic rings. The van der Waals surface area contributed by atoms with Crippen molar-refractivity contribution >= 4 is 39.0 Å². The summed E-state index contributed by atoms with van der Waals surface area (Å²) in [5.41, 5.74) is 8.72. The molecule has 1 heterocycles. The summed E-state index contributed by atoms with van der Waals surface area (Å²) in [6, 6.07) is 12.0. The highest BCUT2D eigenvalue weighted by Crippen LogP contribution is 2.22. The fourth-order valence-corrected chi connectivity index (χ4v) is 2.55. The van der Waals surface area contributed by atoms with Gasteiger partial charge in [-0.1, -0.05) is 46.3 Å². The highest BCUT2D eigenvalue weighted by atomic mass is 79.9. The van der Waals surface area contributed by atoms with E-state index in [-0.39, 0.29) is 0 Å². The maximum atomic E-state index is 5.78. The van der Waals surface area contributed by atoms with Crippen molar-refractivity contribution in [2.75, 3.05) is 11.9 Å². The van der Waals surface area contributed by atoms with E-state index in [0.717, 1.165) is 28.1 Å². The Hall–Kier alpha value is -1.46. The van der Waals surface area contributed by atoms with Crippen molar-refractivity contribution in [3.8, 4) is 0 Å². The Balaban J connectivity index is 2.34. The summed E-state index contributed by atoms with van der Waals surface area (Å²) in [5.74, 6) is 0.813. The van der Waals surface area contributed by atoms with Gasteiger partial charge in [-0.05, 0) is 30.7 Å². The molecule has 2 rings (SSSR count). The van der Waals surface area contributed by atoms with Crippen molar-refractivity contribution in [1.29, 1.82) is 0 Å². The molecule has 1 aromatic carbocycles. The number of nitrogens with zero attached hydrogens (tertiary/aromatic N) is 2. The first-order valence-electron chi connectivity index (χ1n) is 6.21. The van der Waals surface area contributed by atoms with Crippen molar-refractivity contribution in [1.82, 2.24) is 4.98 Å². The molecule has 0 saturated carbocycles. The Kier molecular flexibility index (Phi) is 4.73. The first-order chi connectivity index (χ1) is 9.49. The van der Waals surface area contributed by atoms with Crippen molar-refractivity contribution in [2.45, 2.75) is 13.5 Å². The average Bonchev–Trinajstić information content (AvgIpc) is 2.40.